The summed E-state index contributed by atoms with van der Waals surface area (Å²) in [5, 5.41) is 1.18. The minimum Gasteiger partial charge on any atom is -0.453 e. The highest BCUT2D eigenvalue weighted by Gasteiger charge is 2.21. The van der Waals surface area contributed by atoms with E-state index in [-0.39, 0.29) is 11.9 Å². The van der Waals surface area contributed by atoms with Crippen molar-refractivity contribution in [1.82, 2.24) is 9.88 Å². The highest BCUT2D eigenvalue weighted by Crippen LogP contribution is 2.19. The van der Waals surface area contributed by atoms with Gasteiger partial charge in [-0.3, -0.25) is 9.59 Å². The highest BCUT2D eigenvalue weighted by atomic mass is 16.5. The second kappa shape index (κ2) is 9.22. The van der Waals surface area contributed by atoms with Gasteiger partial charge in [0.05, 0.1) is 0 Å². The number of carbonyl (C=O) groups is 2. The van der Waals surface area contributed by atoms with Gasteiger partial charge in [-0.1, -0.05) is 48.5 Å². The average molecular weight is 378 g/mol. The normalized spacial score (nSPS) is 11.9. The lowest BCUT2D eigenvalue weighted by atomic mass is 10.1. The SMILES string of the molecule is C[C@H](OC(=O)CCCc1c[nH]c2ccccc12)C(=O)N(C)Cc1ccccc1. The van der Waals surface area contributed by atoms with Crippen LogP contribution in [-0.2, 0) is 27.3 Å². The second-order valence-electron chi connectivity index (χ2n) is 7.03. The Morgan fingerprint density at radius 1 is 1.07 bits per heavy atom. The van der Waals surface area contributed by atoms with Crippen LogP contribution in [0.4, 0.5) is 0 Å². The summed E-state index contributed by atoms with van der Waals surface area (Å²) in [6, 6.07) is 17.8. The van der Waals surface area contributed by atoms with E-state index in [2.05, 4.69) is 11.1 Å². The van der Waals surface area contributed by atoms with Crippen LogP contribution in [0.2, 0.25) is 0 Å². The molecule has 0 radical (unpaired) electrons. The molecular weight excluding hydrogens is 352 g/mol. The van der Waals surface area contributed by atoms with Gasteiger partial charge in [0.1, 0.15) is 0 Å². The fraction of sp³-hybridized carbons (Fsp3) is 0.304. The van der Waals surface area contributed by atoms with Gasteiger partial charge in [-0.25, -0.2) is 0 Å². The molecule has 0 fully saturated rings. The lowest BCUT2D eigenvalue weighted by Crippen LogP contribution is -2.37. The maximum Gasteiger partial charge on any atom is 0.306 e. The number of nitrogens with zero attached hydrogens (tertiary/aromatic N) is 1. The first kappa shape index (κ1) is 19.7. The summed E-state index contributed by atoms with van der Waals surface area (Å²) in [5.74, 6) is -0.539. The molecule has 1 atom stereocenters. The molecule has 5 nitrogen and oxygen atoms in total. The number of hydrogen-bond acceptors (Lipinski definition) is 3. The molecule has 0 aliphatic carbocycles. The summed E-state index contributed by atoms with van der Waals surface area (Å²) < 4.78 is 5.34. The Balaban J connectivity index is 1.44. The van der Waals surface area contributed by atoms with Gasteiger partial charge in [-0.05, 0) is 37.0 Å². The van der Waals surface area contributed by atoms with E-state index in [0.717, 1.165) is 17.5 Å². The standard InChI is InChI=1S/C23H26N2O3/c1-17(23(27)25(2)16-18-9-4-3-5-10-18)28-22(26)14-8-11-19-15-24-21-13-7-6-12-20(19)21/h3-7,9-10,12-13,15,17,24H,8,11,14,16H2,1-2H3/t17-/m0/s1. The summed E-state index contributed by atoms with van der Waals surface area (Å²) in [4.78, 5) is 29.4. The smallest absolute Gasteiger partial charge is 0.306 e. The van der Waals surface area contributed by atoms with E-state index in [1.807, 2.05) is 54.7 Å². The molecule has 2 aromatic carbocycles. The number of carbonyl (C=O) groups excluding carboxylic acids is 2. The molecule has 28 heavy (non-hydrogen) atoms. The summed E-state index contributed by atoms with van der Waals surface area (Å²) >= 11 is 0. The molecule has 1 heterocycles. The molecule has 0 saturated carbocycles. The van der Waals surface area contributed by atoms with Gasteiger partial charge < -0.3 is 14.6 Å². The van der Waals surface area contributed by atoms with Crippen LogP contribution in [0, 0.1) is 0 Å². The molecular formula is C23H26N2O3. The van der Waals surface area contributed by atoms with Crippen LogP contribution in [0.3, 0.4) is 0 Å². The Labute approximate surface area is 165 Å². The minimum absolute atomic E-state index is 0.200. The van der Waals surface area contributed by atoms with Crippen molar-refractivity contribution in [3.8, 4) is 0 Å². The molecule has 1 N–H and O–H groups in total. The van der Waals surface area contributed by atoms with E-state index in [0.29, 0.717) is 19.4 Å². The molecule has 0 aliphatic heterocycles. The Morgan fingerprint density at radius 3 is 2.57 bits per heavy atom. The Kier molecular flexibility index (Phi) is 6.48. The van der Waals surface area contributed by atoms with Gasteiger partial charge in [0.2, 0.25) is 0 Å². The van der Waals surface area contributed by atoms with Crippen molar-refractivity contribution < 1.29 is 14.3 Å². The summed E-state index contributed by atoms with van der Waals surface area (Å²) in [6.45, 7) is 2.11. The number of ether oxygens (including phenoxy) is 1. The molecule has 1 aromatic heterocycles. The first-order chi connectivity index (χ1) is 13.5. The Bertz CT molecular complexity index is 933. The number of likely N-dealkylation sites (N-methyl/N-ethyl adjacent to an activating group) is 1. The third-order valence-corrected chi connectivity index (χ3v) is 4.80. The van der Waals surface area contributed by atoms with Crippen LogP contribution >= 0.6 is 0 Å². The van der Waals surface area contributed by atoms with E-state index < -0.39 is 6.10 Å². The van der Waals surface area contributed by atoms with Crippen molar-refractivity contribution in [2.24, 2.45) is 0 Å². The summed E-state index contributed by atoms with van der Waals surface area (Å²) in [5.41, 5.74) is 3.33. The van der Waals surface area contributed by atoms with Crippen molar-refractivity contribution in [1.29, 1.82) is 0 Å². The monoisotopic (exact) mass is 378 g/mol. The van der Waals surface area contributed by atoms with E-state index in [1.165, 1.54) is 10.9 Å². The van der Waals surface area contributed by atoms with Gasteiger partial charge in [0.25, 0.3) is 5.91 Å². The van der Waals surface area contributed by atoms with Crippen LogP contribution < -0.4 is 0 Å². The number of para-hydroxylation sites is 1. The molecule has 0 bridgehead atoms. The predicted octanol–water partition coefficient (Wildman–Crippen LogP) is 4.08. The van der Waals surface area contributed by atoms with Crippen molar-refractivity contribution in [2.45, 2.75) is 38.8 Å². The number of rotatable bonds is 8. The van der Waals surface area contributed by atoms with Crippen molar-refractivity contribution in [3.63, 3.8) is 0 Å². The molecule has 0 aliphatic rings. The Hall–Kier alpha value is -3.08. The largest absolute Gasteiger partial charge is 0.453 e. The Morgan fingerprint density at radius 2 is 1.79 bits per heavy atom. The van der Waals surface area contributed by atoms with Gasteiger partial charge in [-0.2, -0.15) is 0 Å². The van der Waals surface area contributed by atoms with Crippen LogP contribution in [0.15, 0.2) is 60.8 Å². The lowest BCUT2D eigenvalue weighted by Gasteiger charge is -2.21. The molecule has 146 valence electrons. The third-order valence-electron chi connectivity index (χ3n) is 4.80. The number of aromatic nitrogens is 1. The summed E-state index contributed by atoms with van der Waals surface area (Å²) in [6.07, 6.45) is 2.96. The zero-order chi connectivity index (χ0) is 19.9. The number of aryl methyl sites for hydroxylation is 1. The zero-order valence-electron chi connectivity index (χ0n) is 16.4. The van der Waals surface area contributed by atoms with E-state index in [1.54, 1.807) is 18.9 Å². The number of hydrogen-bond donors (Lipinski definition) is 1. The molecule has 3 rings (SSSR count). The number of fused-ring (bicyclic) bond motifs is 1. The highest BCUT2D eigenvalue weighted by molar-refractivity contribution is 5.84. The lowest BCUT2D eigenvalue weighted by molar-refractivity contribution is -0.158. The zero-order valence-corrected chi connectivity index (χ0v) is 16.4. The number of amides is 1. The number of nitrogens with one attached hydrogen (secondary N) is 1. The maximum absolute atomic E-state index is 12.4. The van der Waals surface area contributed by atoms with Crippen LogP contribution in [-0.4, -0.2) is 34.9 Å². The molecule has 3 aromatic rings. The summed E-state index contributed by atoms with van der Waals surface area (Å²) in [7, 11) is 1.72. The topological polar surface area (TPSA) is 62.4 Å². The maximum atomic E-state index is 12.4. The molecule has 0 unspecified atom stereocenters. The molecule has 0 spiro atoms. The predicted molar refractivity (Wildman–Crippen MR) is 110 cm³/mol. The fourth-order valence-corrected chi connectivity index (χ4v) is 3.31. The third kappa shape index (κ3) is 5.00. The van der Waals surface area contributed by atoms with E-state index in [4.69, 9.17) is 4.74 Å². The van der Waals surface area contributed by atoms with Crippen molar-refractivity contribution >= 4 is 22.8 Å². The van der Waals surface area contributed by atoms with Crippen molar-refractivity contribution in [2.75, 3.05) is 7.05 Å². The van der Waals surface area contributed by atoms with E-state index in [9.17, 15) is 9.59 Å². The molecule has 1 amide bonds. The first-order valence-electron chi connectivity index (χ1n) is 9.58. The van der Waals surface area contributed by atoms with Crippen LogP contribution in [0.1, 0.15) is 30.9 Å². The number of benzene rings is 2. The first-order valence-corrected chi connectivity index (χ1v) is 9.58. The van der Waals surface area contributed by atoms with Gasteiger partial charge in [-0.15, -0.1) is 0 Å². The average Bonchev–Trinajstić information content (AvgIpc) is 3.11. The van der Waals surface area contributed by atoms with Crippen LogP contribution in [0.25, 0.3) is 10.9 Å². The second-order valence-corrected chi connectivity index (χ2v) is 7.03. The number of aromatic amines is 1. The van der Waals surface area contributed by atoms with Crippen LogP contribution in [0.5, 0.6) is 0 Å². The molecule has 5 heteroatoms. The number of esters is 1. The minimum atomic E-state index is -0.783. The van der Waals surface area contributed by atoms with Gasteiger partial charge in [0.15, 0.2) is 6.10 Å². The fourth-order valence-electron chi connectivity index (χ4n) is 3.31. The number of H-pyrrole nitrogens is 1. The van der Waals surface area contributed by atoms with Gasteiger partial charge >= 0.3 is 5.97 Å². The van der Waals surface area contributed by atoms with Gasteiger partial charge in [0, 0.05) is 37.1 Å². The van der Waals surface area contributed by atoms with Crippen molar-refractivity contribution in [3.05, 3.63) is 71.9 Å². The quantitative estimate of drug-likeness (QED) is 0.601. The molecule has 0 saturated heterocycles. The van der Waals surface area contributed by atoms with E-state index >= 15 is 0 Å².